The number of para-hydroxylation sites is 1. The van der Waals surface area contributed by atoms with Gasteiger partial charge in [0.05, 0.1) is 42.7 Å². The Hall–Kier alpha value is -2.69. The first-order chi connectivity index (χ1) is 16.5. The maximum atomic E-state index is 13.6. The summed E-state index contributed by atoms with van der Waals surface area (Å²) in [6.07, 6.45) is 0. The summed E-state index contributed by atoms with van der Waals surface area (Å²) in [7, 11) is 0. The van der Waals surface area contributed by atoms with Gasteiger partial charge >= 0.3 is 0 Å². The van der Waals surface area contributed by atoms with Crippen LogP contribution in [-0.4, -0.2) is 32.7 Å². The lowest BCUT2D eigenvalue weighted by atomic mass is 10.1. The number of fused-ring (bicyclic) bond motifs is 1. The van der Waals surface area contributed by atoms with Crippen LogP contribution in [-0.2, 0) is 6.54 Å². The van der Waals surface area contributed by atoms with Gasteiger partial charge < -0.3 is 0 Å². The van der Waals surface area contributed by atoms with E-state index in [1.54, 1.807) is 24.3 Å². The van der Waals surface area contributed by atoms with E-state index in [0.717, 1.165) is 15.5 Å². The molecule has 0 fully saturated rings. The summed E-state index contributed by atoms with van der Waals surface area (Å²) < 4.78 is 0.751. The number of benzene rings is 3. The van der Waals surface area contributed by atoms with Crippen molar-refractivity contribution >= 4 is 85.7 Å². The van der Waals surface area contributed by atoms with Crippen molar-refractivity contribution in [3.05, 3.63) is 105 Å². The minimum atomic E-state index is -0.987. The second-order valence-electron chi connectivity index (χ2n) is 7.19. The van der Waals surface area contributed by atoms with Gasteiger partial charge in [-0.2, -0.15) is 5.01 Å². The standard InChI is InChI=1S/C22H10BrCl4N3O5/c23-11-7-5-10(6-8-11)9-28(20(31)12-3-1-2-4-13(12)30(34)35)29-21(32)14-15(22(29)33)17(25)19(27)18(26)16(14)24/h1-8H,9H2. The summed E-state index contributed by atoms with van der Waals surface area (Å²) in [5.41, 5.74) is -0.971. The number of hydrogen-bond acceptors (Lipinski definition) is 5. The molecule has 0 bridgehead atoms. The molecule has 3 aromatic carbocycles. The average molecular weight is 618 g/mol. The molecule has 0 aromatic heterocycles. The van der Waals surface area contributed by atoms with E-state index < -0.39 is 28.3 Å². The minimum Gasteiger partial charge on any atom is -0.267 e. The molecule has 0 aliphatic carbocycles. The van der Waals surface area contributed by atoms with Crippen LogP contribution in [0, 0.1) is 10.1 Å². The van der Waals surface area contributed by atoms with Gasteiger partial charge in [0, 0.05) is 10.5 Å². The number of imide groups is 1. The Morgan fingerprint density at radius 1 is 0.886 bits per heavy atom. The monoisotopic (exact) mass is 615 g/mol. The molecule has 35 heavy (non-hydrogen) atoms. The number of hydrogen-bond donors (Lipinski definition) is 0. The molecule has 0 saturated carbocycles. The number of halogens is 5. The van der Waals surface area contributed by atoms with Gasteiger partial charge in [-0.3, -0.25) is 24.5 Å². The third kappa shape index (κ3) is 4.39. The summed E-state index contributed by atoms with van der Waals surface area (Å²) in [5, 5.41) is 11.8. The van der Waals surface area contributed by atoms with E-state index in [-0.39, 0.29) is 43.3 Å². The Bertz CT molecular complexity index is 1380. The summed E-state index contributed by atoms with van der Waals surface area (Å²) in [6.45, 7) is -0.291. The molecule has 1 aliphatic heterocycles. The highest BCUT2D eigenvalue weighted by atomic mass is 79.9. The predicted octanol–water partition coefficient (Wildman–Crippen LogP) is 6.82. The summed E-state index contributed by atoms with van der Waals surface area (Å²) in [4.78, 5) is 51.3. The normalized spacial score (nSPS) is 12.7. The number of nitro benzene ring substituents is 1. The highest BCUT2D eigenvalue weighted by Gasteiger charge is 2.46. The first-order valence-electron chi connectivity index (χ1n) is 9.59. The van der Waals surface area contributed by atoms with Crippen LogP contribution in [0.3, 0.4) is 0 Å². The predicted molar refractivity (Wildman–Crippen MR) is 134 cm³/mol. The van der Waals surface area contributed by atoms with Crippen molar-refractivity contribution < 1.29 is 19.3 Å². The molecule has 8 nitrogen and oxygen atoms in total. The van der Waals surface area contributed by atoms with Gasteiger partial charge in [0.25, 0.3) is 23.4 Å². The highest BCUT2D eigenvalue weighted by Crippen LogP contribution is 2.45. The fraction of sp³-hybridized carbons (Fsp3) is 0.0455. The van der Waals surface area contributed by atoms with Crippen molar-refractivity contribution in [2.45, 2.75) is 6.54 Å². The number of nitrogens with zero attached hydrogens (tertiary/aromatic N) is 3. The average Bonchev–Trinajstić information content (AvgIpc) is 3.10. The van der Waals surface area contributed by atoms with Crippen LogP contribution in [0.15, 0.2) is 53.0 Å². The van der Waals surface area contributed by atoms with Gasteiger partial charge in [-0.15, -0.1) is 0 Å². The molecule has 13 heteroatoms. The van der Waals surface area contributed by atoms with Crippen molar-refractivity contribution in [1.82, 2.24) is 10.0 Å². The van der Waals surface area contributed by atoms with Crippen LogP contribution in [0.25, 0.3) is 0 Å². The van der Waals surface area contributed by atoms with E-state index in [1.165, 1.54) is 18.2 Å². The topological polar surface area (TPSA) is 101 Å². The fourth-order valence-electron chi connectivity index (χ4n) is 3.51. The van der Waals surface area contributed by atoms with Crippen LogP contribution in [0.2, 0.25) is 20.1 Å². The number of amides is 3. The second kappa shape index (κ2) is 9.75. The number of carbonyl (C=O) groups excluding carboxylic acids is 3. The molecule has 0 radical (unpaired) electrons. The van der Waals surface area contributed by atoms with Crippen molar-refractivity contribution in [3.63, 3.8) is 0 Å². The molecule has 0 saturated heterocycles. The molecule has 0 N–H and O–H groups in total. The first kappa shape index (κ1) is 25.4. The van der Waals surface area contributed by atoms with Crippen LogP contribution < -0.4 is 0 Å². The maximum Gasteiger partial charge on any atom is 0.282 e. The smallest absolute Gasteiger partial charge is 0.267 e. The van der Waals surface area contributed by atoms with Crippen LogP contribution in [0.4, 0.5) is 5.69 Å². The first-order valence-corrected chi connectivity index (χ1v) is 11.9. The molecule has 0 spiro atoms. The van der Waals surface area contributed by atoms with Crippen molar-refractivity contribution in [3.8, 4) is 0 Å². The Morgan fingerprint density at radius 3 is 1.91 bits per heavy atom. The van der Waals surface area contributed by atoms with Gasteiger partial charge in [0.1, 0.15) is 5.56 Å². The number of hydrazine groups is 1. The van der Waals surface area contributed by atoms with Crippen molar-refractivity contribution in [2.24, 2.45) is 0 Å². The van der Waals surface area contributed by atoms with E-state index in [4.69, 9.17) is 46.4 Å². The van der Waals surface area contributed by atoms with Gasteiger partial charge in [0.2, 0.25) is 0 Å². The van der Waals surface area contributed by atoms with E-state index in [1.807, 2.05) is 0 Å². The van der Waals surface area contributed by atoms with Gasteiger partial charge in [0.15, 0.2) is 0 Å². The molecule has 0 unspecified atom stereocenters. The third-order valence-corrected chi connectivity index (χ3v) is 7.46. The SMILES string of the molecule is O=C(c1ccccc1[N+](=O)[O-])N(Cc1ccc(Br)cc1)N1C(=O)c2c(Cl)c(Cl)c(Cl)c(Cl)c2C1=O. The minimum absolute atomic E-state index is 0.232. The zero-order valence-electron chi connectivity index (χ0n) is 17.1. The van der Waals surface area contributed by atoms with E-state index in [9.17, 15) is 24.5 Å². The Kier molecular flexibility index (Phi) is 7.08. The van der Waals surface area contributed by atoms with Crippen molar-refractivity contribution in [1.29, 1.82) is 0 Å². The Labute approximate surface area is 226 Å². The highest BCUT2D eigenvalue weighted by molar-refractivity contribution is 9.10. The van der Waals surface area contributed by atoms with Gasteiger partial charge in [-0.05, 0) is 23.8 Å². The van der Waals surface area contributed by atoms with Crippen LogP contribution in [0.1, 0.15) is 36.6 Å². The van der Waals surface area contributed by atoms with E-state index in [2.05, 4.69) is 15.9 Å². The molecule has 3 aromatic rings. The summed E-state index contributed by atoms with van der Waals surface area (Å²) in [5.74, 6) is -2.95. The molecule has 4 rings (SSSR count). The molecular formula is C22H10BrCl4N3O5. The lowest BCUT2D eigenvalue weighted by Crippen LogP contribution is -2.49. The van der Waals surface area contributed by atoms with Gasteiger partial charge in [-0.1, -0.05) is 86.6 Å². The largest absolute Gasteiger partial charge is 0.282 e. The molecule has 0 atom stereocenters. The quantitative estimate of drug-likeness (QED) is 0.103. The van der Waals surface area contributed by atoms with E-state index in [0.29, 0.717) is 10.6 Å². The lowest BCUT2D eigenvalue weighted by Gasteiger charge is -2.30. The van der Waals surface area contributed by atoms with Crippen LogP contribution >= 0.6 is 62.3 Å². The van der Waals surface area contributed by atoms with Gasteiger partial charge in [-0.25, -0.2) is 5.01 Å². The molecule has 3 amide bonds. The number of carbonyl (C=O) groups is 3. The molecule has 178 valence electrons. The molecule has 1 heterocycles. The third-order valence-electron chi connectivity index (χ3n) is 5.13. The summed E-state index contributed by atoms with van der Waals surface area (Å²) >= 11 is 27.9. The Morgan fingerprint density at radius 2 is 1.40 bits per heavy atom. The van der Waals surface area contributed by atoms with Crippen molar-refractivity contribution in [2.75, 3.05) is 0 Å². The van der Waals surface area contributed by atoms with Crippen LogP contribution in [0.5, 0.6) is 0 Å². The second-order valence-corrected chi connectivity index (χ2v) is 9.62. The number of nitro groups is 1. The molecular weight excluding hydrogens is 608 g/mol. The zero-order chi connectivity index (χ0) is 25.6. The lowest BCUT2D eigenvalue weighted by molar-refractivity contribution is -0.385. The zero-order valence-corrected chi connectivity index (χ0v) is 21.7. The fourth-order valence-corrected chi connectivity index (χ4v) is 4.78. The molecule has 1 aliphatic rings. The maximum absolute atomic E-state index is 13.6. The van der Waals surface area contributed by atoms with E-state index >= 15 is 0 Å². The number of rotatable bonds is 5. The Balaban J connectivity index is 1.88. The summed E-state index contributed by atoms with van der Waals surface area (Å²) in [6, 6.07) is 11.9.